The van der Waals surface area contributed by atoms with E-state index in [0.29, 0.717) is 0 Å². The maximum atomic E-state index is 4.19. The van der Waals surface area contributed by atoms with Crippen molar-refractivity contribution in [2.75, 3.05) is 0 Å². The molecule has 0 unspecified atom stereocenters. The second-order valence-electron chi connectivity index (χ2n) is 3.20. The van der Waals surface area contributed by atoms with Crippen LogP contribution in [0.25, 0.3) is 11.1 Å². The van der Waals surface area contributed by atoms with Gasteiger partial charge in [-0.15, -0.1) is 0 Å². The predicted molar refractivity (Wildman–Crippen MR) is 58.7 cm³/mol. The molecule has 2 rings (SSSR count). The first-order valence-corrected chi connectivity index (χ1v) is 4.69. The minimum Gasteiger partial charge on any atom is -0.264 e. The Hall–Kier alpha value is -1.63. The summed E-state index contributed by atoms with van der Waals surface area (Å²) < 4.78 is 0. The number of aromatic nitrogens is 1. The maximum Gasteiger partial charge on any atom is 0.0346 e. The highest BCUT2D eigenvalue weighted by Crippen LogP contribution is 2.18. The van der Waals surface area contributed by atoms with Gasteiger partial charge in [0.15, 0.2) is 0 Å². The van der Waals surface area contributed by atoms with Crippen molar-refractivity contribution in [3.63, 3.8) is 0 Å². The summed E-state index contributed by atoms with van der Waals surface area (Å²) in [6.45, 7) is 3.85. The molecule has 1 aromatic heterocycles. The molecule has 1 heteroatoms. The number of hydrogen-bond acceptors (Lipinski definition) is 1. The van der Waals surface area contributed by atoms with Crippen molar-refractivity contribution >= 4 is 0 Å². The van der Waals surface area contributed by atoms with E-state index in [9.17, 15) is 0 Å². The predicted octanol–water partition coefficient (Wildman–Crippen LogP) is 3.13. The van der Waals surface area contributed by atoms with E-state index in [1.165, 1.54) is 11.1 Å². The number of rotatable bonds is 2. The van der Waals surface area contributed by atoms with E-state index in [4.69, 9.17) is 0 Å². The molecule has 0 saturated heterocycles. The van der Waals surface area contributed by atoms with Gasteiger partial charge in [0.05, 0.1) is 0 Å². The van der Waals surface area contributed by atoms with Crippen LogP contribution in [-0.4, -0.2) is 4.98 Å². The van der Waals surface area contributed by atoms with Gasteiger partial charge in [-0.3, -0.25) is 4.98 Å². The monoisotopic (exact) mass is 182 g/mol. The van der Waals surface area contributed by atoms with Crippen LogP contribution in [0.5, 0.6) is 0 Å². The van der Waals surface area contributed by atoms with Crippen molar-refractivity contribution in [3.8, 4) is 11.1 Å². The molecule has 0 aliphatic rings. The number of benzene rings is 1. The summed E-state index contributed by atoms with van der Waals surface area (Å²) in [5, 5.41) is 0. The van der Waals surface area contributed by atoms with Gasteiger partial charge in [0.1, 0.15) is 0 Å². The third-order valence-corrected chi connectivity index (χ3v) is 2.19. The lowest BCUT2D eigenvalue weighted by Gasteiger charge is -2.02. The van der Waals surface area contributed by atoms with Crippen LogP contribution < -0.4 is 0 Å². The fraction of sp³-hybridized carbons (Fsp3) is 0.0769. The zero-order chi connectivity index (χ0) is 9.80. The summed E-state index contributed by atoms with van der Waals surface area (Å²) in [5.41, 5.74) is 3.54. The topological polar surface area (TPSA) is 12.9 Å². The molecule has 0 saturated carbocycles. The Labute approximate surface area is 84.4 Å². The Morgan fingerprint density at radius 1 is 1.00 bits per heavy atom. The molecule has 0 bridgehead atoms. The molecule has 0 aliphatic carbocycles. The third-order valence-electron chi connectivity index (χ3n) is 2.19. The molecule has 1 aromatic carbocycles. The van der Waals surface area contributed by atoms with Crippen LogP contribution in [0, 0.1) is 6.92 Å². The average molecular weight is 182 g/mol. The summed E-state index contributed by atoms with van der Waals surface area (Å²) in [5.74, 6) is 0. The molecule has 2 aromatic rings. The lowest BCUT2D eigenvalue weighted by atomic mass is 10.1. The Morgan fingerprint density at radius 3 is 2.50 bits per heavy atom. The van der Waals surface area contributed by atoms with Gasteiger partial charge in [-0.2, -0.15) is 0 Å². The molecule has 0 atom stereocenters. The molecular weight excluding hydrogens is 170 g/mol. The summed E-state index contributed by atoms with van der Waals surface area (Å²) in [6.07, 6.45) is 4.53. The van der Waals surface area contributed by atoms with E-state index in [0.717, 1.165) is 12.0 Å². The molecule has 0 N–H and O–H groups in total. The van der Waals surface area contributed by atoms with Crippen molar-refractivity contribution in [1.82, 2.24) is 4.98 Å². The zero-order valence-corrected chi connectivity index (χ0v) is 7.98. The minimum atomic E-state index is 0.785. The van der Waals surface area contributed by atoms with E-state index in [1.54, 1.807) is 0 Å². The van der Waals surface area contributed by atoms with Crippen LogP contribution >= 0.6 is 0 Å². The number of nitrogens with zero attached hydrogens (tertiary/aromatic N) is 1. The molecule has 1 nitrogen and oxygen atoms in total. The number of hydrogen-bond donors (Lipinski definition) is 0. The third kappa shape index (κ3) is 1.82. The van der Waals surface area contributed by atoms with Crippen molar-refractivity contribution in [1.29, 1.82) is 0 Å². The van der Waals surface area contributed by atoms with Crippen molar-refractivity contribution in [2.45, 2.75) is 6.42 Å². The Bertz CT molecular complexity index is 407. The van der Waals surface area contributed by atoms with Crippen molar-refractivity contribution in [3.05, 3.63) is 61.3 Å². The van der Waals surface area contributed by atoms with Crippen LogP contribution in [0.1, 0.15) is 5.56 Å². The lowest BCUT2D eigenvalue weighted by molar-refractivity contribution is 1.19. The van der Waals surface area contributed by atoms with Crippen molar-refractivity contribution < 1.29 is 0 Å². The van der Waals surface area contributed by atoms with E-state index in [-0.39, 0.29) is 0 Å². The van der Waals surface area contributed by atoms with Gasteiger partial charge >= 0.3 is 0 Å². The summed E-state index contributed by atoms with van der Waals surface area (Å²) in [6, 6.07) is 12.4. The largest absolute Gasteiger partial charge is 0.264 e. The minimum absolute atomic E-state index is 0.785. The van der Waals surface area contributed by atoms with E-state index >= 15 is 0 Å². The second-order valence-corrected chi connectivity index (χ2v) is 3.20. The number of pyridine rings is 1. The van der Waals surface area contributed by atoms with Crippen molar-refractivity contribution in [2.24, 2.45) is 0 Å². The summed E-state index contributed by atoms with van der Waals surface area (Å²) >= 11 is 0. The van der Waals surface area contributed by atoms with Gasteiger partial charge in [-0.1, -0.05) is 30.3 Å². The normalized spacial score (nSPS) is 10.1. The Morgan fingerprint density at radius 2 is 1.79 bits per heavy atom. The molecule has 1 radical (unpaired) electrons. The molecule has 14 heavy (non-hydrogen) atoms. The van der Waals surface area contributed by atoms with Crippen LogP contribution in [-0.2, 0) is 6.42 Å². The fourth-order valence-electron chi connectivity index (χ4n) is 1.41. The lowest BCUT2D eigenvalue weighted by Crippen LogP contribution is -1.85. The first-order valence-electron chi connectivity index (χ1n) is 4.69. The zero-order valence-electron chi connectivity index (χ0n) is 7.98. The van der Waals surface area contributed by atoms with Crippen LogP contribution in [0.2, 0.25) is 0 Å². The van der Waals surface area contributed by atoms with Crippen LogP contribution in [0.15, 0.2) is 48.8 Å². The molecule has 0 spiro atoms. The van der Waals surface area contributed by atoms with Gasteiger partial charge in [0.2, 0.25) is 0 Å². The first-order chi connectivity index (χ1) is 6.90. The van der Waals surface area contributed by atoms with E-state index in [1.807, 2.05) is 30.6 Å². The van der Waals surface area contributed by atoms with Gasteiger partial charge in [0.25, 0.3) is 0 Å². The summed E-state index contributed by atoms with van der Waals surface area (Å²) in [7, 11) is 0. The highest BCUT2D eigenvalue weighted by molar-refractivity contribution is 5.62. The first kappa shape index (κ1) is 8.95. The van der Waals surface area contributed by atoms with Crippen LogP contribution in [0.4, 0.5) is 0 Å². The SMILES string of the molecule is [CH2]Cc1cncc(-c2ccccc2)c1. The smallest absolute Gasteiger partial charge is 0.0346 e. The highest BCUT2D eigenvalue weighted by Gasteiger charge is 1.97. The van der Waals surface area contributed by atoms with Gasteiger partial charge in [-0.05, 0) is 30.5 Å². The Balaban J connectivity index is 2.42. The highest BCUT2D eigenvalue weighted by atomic mass is 14.6. The molecule has 1 heterocycles. The molecule has 0 fully saturated rings. The van der Waals surface area contributed by atoms with Gasteiger partial charge in [-0.25, -0.2) is 0 Å². The standard InChI is InChI=1S/C13H12N/c1-2-11-8-13(10-14-9-11)12-6-4-3-5-7-12/h3-10H,1-2H2. The van der Waals surface area contributed by atoms with Gasteiger partial charge < -0.3 is 0 Å². The summed E-state index contributed by atoms with van der Waals surface area (Å²) in [4.78, 5) is 4.19. The molecule has 0 aliphatic heterocycles. The maximum absolute atomic E-state index is 4.19. The molecule has 69 valence electrons. The molecular formula is C13H12N. The van der Waals surface area contributed by atoms with E-state index < -0.39 is 0 Å². The quantitative estimate of drug-likeness (QED) is 0.695. The molecule has 0 amide bonds. The van der Waals surface area contributed by atoms with Gasteiger partial charge in [0, 0.05) is 18.0 Å². The average Bonchev–Trinajstić information content (AvgIpc) is 2.30. The fourth-order valence-corrected chi connectivity index (χ4v) is 1.41. The van der Waals surface area contributed by atoms with E-state index in [2.05, 4.69) is 30.1 Å². The van der Waals surface area contributed by atoms with Crippen LogP contribution in [0.3, 0.4) is 0 Å². The second kappa shape index (κ2) is 4.05. The Kier molecular flexibility index (Phi) is 2.59.